The highest BCUT2D eigenvalue weighted by Crippen LogP contribution is 2.37. The average Bonchev–Trinajstić information content (AvgIpc) is 3.17. The van der Waals surface area contributed by atoms with E-state index in [-0.39, 0.29) is 5.76 Å². The number of rotatable bonds is 3. The number of aryl methyl sites for hydroxylation is 2. The standard InChI is InChI=1S/C20H17NO4/c1-12-6-7-16-14(10-12)11-17(25-16)18(22)21-20(19(23)24)9-8-13-4-2-3-5-15(13)20/h2-7,10-11H,8-9H2,1H3,(H,21,22)(H,23,24). The summed E-state index contributed by atoms with van der Waals surface area (Å²) in [6.45, 7) is 1.96. The van der Waals surface area contributed by atoms with Crippen molar-refractivity contribution >= 4 is 22.8 Å². The molecule has 0 aliphatic heterocycles. The molecule has 126 valence electrons. The molecule has 3 aromatic rings. The number of furan rings is 1. The van der Waals surface area contributed by atoms with Gasteiger partial charge in [-0.1, -0.05) is 35.9 Å². The van der Waals surface area contributed by atoms with Gasteiger partial charge in [-0.15, -0.1) is 0 Å². The first-order valence-electron chi connectivity index (χ1n) is 8.14. The van der Waals surface area contributed by atoms with Crippen molar-refractivity contribution in [1.29, 1.82) is 0 Å². The molecule has 5 heteroatoms. The Labute approximate surface area is 144 Å². The number of carboxylic acids is 1. The van der Waals surface area contributed by atoms with E-state index in [4.69, 9.17) is 4.42 Å². The van der Waals surface area contributed by atoms with E-state index in [1.54, 1.807) is 24.3 Å². The van der Waals surface area contributed by atoms with Gasteiger partial charge in [0.25, 0.3) is 5.91 Å². The minimum Gasteiger partial charge on any atom is -0.479 e. The first-order valence-corrected chi connectivity index (χ1v) is 8.14. The summed E-state index contributed by atoms with van der Waals surface area (Å²) in [5.74, 6) is -1.46. The minimum absolute atomic E-state index is 0.116. The summed E-state index contributed by atoms with van der Waals surface area (Å²) >= 11 is 0. The number of carbonyl (C=O) groups is 2. The highest BCUT2D eigenvalue weighted by atomic mass is 16.4. The normalized spacial score (nSPS) is 18.9. The molecule has 1 amide bonds. The number of carbonyl (C=O) groups excluding carboxylic acids is 1. The van der Waals surface area contributed by atoms with Crippen molar-refractivity contribution < 1.29 is 19.1 Å². The molecule has 0 saturated heterocycles. The van der Waals surface area contributed by atoms with Crippen molar-refractivity contribution in [2.45, 2.75) is 25.3 Å². The molecule has 0 radical (unpaired) electrons. The SMILES string of the molecule is Cc1ccc2oc(C(=O)NC3(C(=O)O)CCc4ccccc43)cc2c1. The Morgan fingerprint density at radius 2 is 1.96 bits per heavy atom. The van der Waals surface area contributed by atoms with Crippen molar-refractivity contribution in [3.8, 4) is 0 Å². The monoisotopic (exact) mass is 335 g/mol. The zero-order valence-corrected chi connectivity index (χ0v) is 13.7. The Hall–Kier alpha value is -3.08. The lowest BCUT2D eigenvalue weighted by Crippen LogP contribution is -2.50. The molecule has 25 heavy (non-hydrogen) atoms. The summed E-state index contributed by atoms with van der Waals surface area (Å²) in [5.41, 5.74) is 1.84. The van der Waals surface area contributed by atoms with Crippen LogP contribution in [0.1, 0.15) is 33.7 Å². The number of amides is 1. The van der Waals surface area contributed by atoms with E-state index in [0.29, 0.717) is 24.0 Å². The summed E-state index contributed by atoms with van der Waals surface area (Å²) in [6.07, 6.45) is 0.939. The Morgan fingerprint density at radius 3 is 2.76 bits per heavy atom. The Balaban J connectivity index is 1.71. The average molecular weight is 335 g/mol. The zero-order chi connectivity index (χ0) is 17.6. The van der Waals surface area contributed by atoms with Crippen LogP contribution in [0.2, 0.25) is 0 Å². The number of aliphatic carboxylic acids is 1. The van der Waals surface area contributed by atoms with Gasteiger partial charge in [0.05, 0.1) is 0 Å². The molecule has 1 atom stereocenters. The van der Waals surface area contributed by atoms with Gasteiger partial charge in [-0.3, -0.25) is 4.79 Å². The smallest absolute Gasteiger partial charge is 0.334 e. The molecule has 1 unspecified atom stereocenters. The summed E-state index contributed by atoms with van der Waals surface area (Å²) < 4.78 is 5.60. The number of carboxylic acid groups (broad SMARTS) is 1. The number of benzene rings is 2. The second kappa shape index (κ2) is 5.48. The number of nitrogens with one attached hydrogen (secondary N) is 1. The van der Waals surface area contributed by atoms with Gasteiger partial charge >= 0.3 is 5.97 Å². The summed E-state index contributed by atoms with van der Waals surface area (Å²) in [5, 5.41) is 13.4. The van der Waals surface area contributed by atoms with Crippen LogP contribution in [0.3, 0.4) is 0 Å². The first kappa shape index (κ1) is 15.4. The fraction of sp³-hybridized carbons (Fsp3) is 0.200. The van der Waals surface area contributed by atoms with E-state index in [0.717, 1.165) is 16.5 Å². The Bertz CT molecular complexity index is 1000. The molecular formula is C20H17NO4. The first-order chi connectivity index (χ1) is 12.0. The fourth-order valence-electron chi connectivity index (χ4n) is 3.55. The third-order valence-electron chi connectivity index (χ3n) is 4.83. The molecular weight excluding hydrogens is 318 g/mol. The van der Waals surface area contributed by atoms with Crippen molar-refractivity contribution in [2.24, 2.45) is 0 Å². The van der Waals surface area contributed by atoms with Crippen LogP contribution in [0.4, 0.5) is 0 Å². The predicted molar refractivity (Wildman–Crippen MR) is 92.5 cm³/mol. The van der Waals surface area contributed by atoms with Gasteiger partial charge < -0.3 is 14.8 Å². The Morgan fingerprint density at radius 1 is 1.16 bits per heavy atom. The Kier molecular flexibility index (Phi) is 3.39. The molecule has 1 aliphatic carbocycles. The molecule has 0 bridgehead atoms. The zero-order valence-electron chi connectivity index (χ0n) is 13.7. The molecule has 1 heterocycles. The van der Waals surface area contributed by atoms with Gasteiger partial charge in [0, 0.05) is 5.39 Å². The lowest BCUT2D eigenvalue weighted by molar-refractivity contribution is -0.144. The van der Waals surface area contributed by atoms with Crippen LogP contribution in [-0.2, 0) is 16.8 Å². The number of fused-ring (bicyclic) bond motifs is 2. The molecule has 0 saturated carbocycles. The van der Waals surface area contributed by atoms with Crippen LogP contribution < -0.4 is 5.32 Å². The topological polar surface area (TPSA) is 79.5 Å². The van der Waals surface area contributed by atoms with Crippen LogP contribution >= 0.6 is 0 Å². The van der Waals surface area contributed by atoms with E-state index in [9.17, 15) is 14.7 Å². The van der Waals surface area contributed by atoms with Crippen LogP contribution in [0.25, 0.3) is 11.0 Å². The molecule has 0 spiro atoms. The summed E-state index contributed by atoms with van der Waals surface area (Å²) in [4.78, 5) is 24.7. The van der Waals surface area contributed by atoms with Gasteiger partial charge in [0.1, 0.15) is 5.58 Å². The largest absolute Gasteiger partial charge is 0.479 e. The van der Waals surface area contributed by atoms with Crippen molar-refractivity contribution in [1.82, 2.24) is 5.32 Å². The molecule has 2 N–H and O–H groups in total. The van der Waals surface area contributed by atoms with Gasteiger partial charge in [-0.05, 0) is 49.1 Å². The molecule has 1 aliphatic rings. The maximum absolute atomic E-state index is 12.7. The minimum atomic E-state index is -1.41. The number of hydrogen-bond donors (Lipinski definition) is 2. The lowest BCUT2D eigenvalue weighted by Gasteiger charge is -2.26. The predicted octanol–water partition coefficient (Wildman–Crippen LogP) is 3.40. The second-order valence-electron chi connectivity index (χ2n) is 6.47. The number of hydrogen-bond acceptors (Lipinski definition) is 3. The third kappa shape index (κ3) is 2.39. The van der Waals surface area contributed by atoms with E-state index < -0.39 is 17.4 Å². The van der Waals surface area contributed by atoms with Crippen molar-refractivity contribution in [3.63, 3.8) is 0 Å². The van der Waals surface area contributed by atoms with Crippen LogP contribution in [0.5, 0.6) is 0 Å². The van der Waals surface area contributed by atoms with Gasteiger partial charge in [-0.2, -0.15) is 0 Å². The van der Waals surface area contributed by atoms with Gasteiger partial charge in [0.2, 0.25) is 0 Å². The van der Waals surface area contributed by atoms with E-state index in [1.165, 1.54) is 0 Å². The third-order valence-corrected chi connectivity index (χ3v) is 4.83. The molecule has 5 nitrogen and oxygen atoms in total. The van der Waals surface area contributed by atoms with Crippen molar-refractivity contribution in [2.75, 3.05) is 0 Å². The maximum Gasteiger partial charge on any atom is 0.334 e. The highest BCUT2D eigenvalue weighted by Gasteiger charge is 2.47. The van der Waals surface area contributed by atoms with E-state index in [2.05, 4.69) is 5.32 Å². The maximum atomic E-state index is 12.7. The lowest BCUT2D eigenvalue weighted by atomic mass is 9.91. The van der Waals surface area contributed by atoms with Gasteiger partial charge in [-0.25, -0.2) is 4.79 Å². The van der Waals surface area contributed by atoms with Crippen molar-refractivity contribution in [3.05, 3.63) is 71.0 Å². The second-order valence-corrected chi connectivity index (χ2v) is 6.47. The van der Waals surface area contributed by atoms with Crippen LogP contribution in [-0.4, -0.2) is 17.0 Å². The van der Waals surface area contributed by atoms with Crippen LogP contribution in [0.15, 0.2) is 52.9 Å². The molecule has 4 rings (SSSR count). The van der Waals surface area contributed by atoms with E-state index >= 15 is 0 Å². The molecule has 2 aromatic carbocycles. The molecule has 0 fully saturated rings. The fourth-order valence-corrected chi connectivity index (χ4v) is 3.55. The highest BCUT2D eigenvalue weighted by molar-refractivity contribution is 5.99. The summed E-state index contributed by atoms with van der Waals surface area (Å²) in [7, 11) is 0. The van der Waals surface area contributed by atoms with E-state index in [1.807, 2.05) is 31.2 Å². The van der Waals surface area contributed by atoms with Gasteiger partial charge in [0.15, 0.2) is 11.3 Å². The quantitative estimate of drug-likeness (QED) is 0.769. The molecule has 1 aromatic heterocycles. The summed E-state index contributed by atoms with van der Waals surface area (Å²) in [6, 6.07) is 14.6. The van der Waals surface area contributed by atoms with Crippen LogP contribution in [0, 0.1) is 6.92 Å².